The molecular formula is C15H19NO4. The van der Waals surface area contributed by atoms with E-state index in [2.05, 4.69) is 4.90 Å². The first-order chi connectivity index (χ1) is 9.61. The summed E-state index contributed by atoms with van der Waals surface area (Å²) in [6.07, 6.45) is 2.24. The van der Waals surface area contributed by atoms with Crippen LogP contribution in [-0.4, -0.2) is 48.0 Å². The molecule has 5 heteroatoms. The highest BCUT2D eigenvalue weighted by atomic mass is 16.5. The van der Waals surface area contributed by atoms with Crippen molar-refractivity contribution < 1.29 is 19.4 Å². The van der Waals surface area contributed by atoms with Crippen LogP contribution in [0.2, 0.25) is 0 Å². The summed E-state index contributed by atoms with van der Waals surface area (Å²) < 4.78 is 5.26. The summed E-state index contributed by atoms with van der Waals surface area (Å²) in [6.45, 7) is 4.41. The molecule has 20 heavy (non-hydrogen) atoms. The van der Waals surface area contributed by atoms with E-state index in [1.54, 1.807) is 19.1 Å². The summed E-state index contributed by atoms with van der Waals surface area (Å²) in [5, 5.41) is 9.18. The Labute approximate surface area is 118 Å². The number of carbonyl (C=O) groups excluding carboxylic acids is 1. The number of carboxylic acids is 1. The highest BCUT2D eigenvalue weighted by Gasteiger charge is 2.19. The Bertz CT molecular complexity index is 507. The zero-order valence-corrected chi connectivity index (χ0v) is 11.6. The Morgan fingerprint density at radius 2 is 2.00 bits per heavy atom. The smallest absolute Gasteiger partial charge is 0.339 e. The lowest BCUT2D eigenvalue weighted by Crippen LogP contribution is -2.27. The van der Waals surface area contributed by atoms with Gasteiger partial charge in [-0.05, 0) is 51.1 Å². The highest BCUT2D eigenvalue weighted by Crippen LogP contribution is 2.21. The standard InChI is InChI=1S/C15H19NO4/c1-2-20-14-6-5-11(9-12(14)15(18)19)13(17)10-16-7-3-4-8-16/h5-6,9H,2-4,7-8,10H2,1H3,(H,18,19). The molecule has 1 N–H and O–H groups in total. The summed E-state index contributed by atoms with van der Waals surface area (Å²) in [5.74, 6) is -0.820. The first-order valence-corrected chi connectivity index (χ1v) is 6.87. The van der Waals surface area contributed by atoms with E-state index in [0.29, 0.717) is 24.5 Å². The van der Waals surface area contributed by atoms with Crippen molar-refractivity contribution in [1.29, 1.82) is 0 Å². The van der Waals surface area contributed by atoms with Gasteiger partial charge in [0.2, 0.25) is 0 Å². The van der Waals surface area contributed by atoms with Crippen LogP contribution in [0.15, 0.2) is 18.2 Å². The van der Waals surface area contributed by atoms with E-state index < -0.39 is 5.97 Å². The fourth-order valence-corrected chi connectivity index (χ4v) is 2.39. The van der Waals surface area contributed by atoms with Gasteiger partial charge in [-0.15, -0.1) is 0 Å². The van der Waals surface area contributed by atoms with Crippen molar-refractivity contribution in [3.8, 4) is 5.75 Å². The minimum Gasteiger partial charge on any atom is -0.493 e. The second kappa shape index (κ2) is 6.52. The lowest BCUT2D eigenvalue weighted by atomic mass is 10.1. The summed E-state index contributed by atoms with van der Waals surface area (Å²) in [7, 11) is 0. The molecule has 5 nitrogen and oxygen atoms in total. The van der Waals surface area contributed by atoms with Crippen molar-refractivity contribution in [3.05, 3.63) is 29.3 Å². The van der Waals surface area contributed by atoms with Crippen LogP contribution in [0.25, 0.3) is 0 Å². The molecule has 1 fully saturated rings. The number of carbonyl (C=O) groups is 2. The summed E-state index contributed by atoms with van der Waals surface area (Å²) in [6, 6.07) is 4.60. The summed E-state index contributed by atoms with van der Waals surface area (Å²) in [5.41, 5.74) is 0.469. The minimum absolute atomic E-state index is 0.0409. The molecule has 1 saturated heterocycles. The van der Waals surface area contributed by atoms with E-state index in [1.807, 2.05) is 0 Å². The first kappa shape index (κ1) is 14.5. The average molecular weight is 277 g/mol. The predicted octanol–water partition coefficient (Wildman–Crippen LogP) is 2.06. The molecule has 1 aliphatic rings. The predicted molar refractivity (Wildman–Crippen MR) is 74.6 cm³/mol. The van der Waals surface area contributed by atoms with Gasteiger partial charge in [-0.25, -0.2) is 4.79 Å². The van der Waals surface area contributed by atoms with Crippen molar-refractivity contribution in [1.82, 2.24) is 4.90 Å². The average Bonchev–Trinajstić information content (AvgIpc) is 2.92. The molecule has 0 spiro atoms. The molecule has 0 aliphatic carbocycles. The first-order valence-electron chi connectivity index (χ1n) is 6.87. The van der Waals surface area contributed by atoms with Crippen molar-refractivity contribution in [2.24, 2.45) is 0 Å². The SMILES string of the molecule is CCOc1ccc(C(=O)CN2CCCC2)cc1C(=O)O. The van der Waals surface area contributed by atoms with Crippen LogP contribution in [0, 0.1) is 0 Å². The Kier molecular flexibility index (Phi) is 4.74. The zero-order chi connectivity index (χ0) is 14.5. The Morgan fingerprint density at radius 3 is 2.60 bits per heavy atom. The quantitative estimate of drug-likeness (QED) is 0.806. The number of benzene rings is 1. The maximum Gasteiger partial charge on any atom is 0.339 e. The van der Waals surface area contributed by atoms with E-state index in [9.17, 15) is 14.7 Å². The third-order valence-electron chi connectivity index (χ3n) is 3.40. The van der Waals surface area contributed by atoms with E-state index in [0.717, 1.165) is 25.9 Å². The van der Waals surface area contributed by atoms with E-state index in [4.69, 9.17) is 4.74 Å². The number of likely N-dealkylation sites (tertiary alicyclic amines) is 1. The van der Waals surface area contributed by atoms with Crippen LogP contribution < -0.4 is 4.74 Å². The lowest BCUT2D eigenvalue weighted by molar-refractivity contribution is 0.0692. The number of hydrogen-bond acceptors (Lipinski definition) is 4. The fourth-order valence-electron chi connectivity index (χ4n) is 2.39. The van der Waals surface area contributed by atoms with E-state index in [-0.39, 0.29) is 11.3 Å². The summed E-state index contributed by atoms with van der Waals surface area (Å²) in [4.78, 5) is 25.5. The largest absolute Gasteiger partial charge is 0.493 e. The van der Waals surface area contributed by atoms with Gasteiger partial charge < -0.3 is 9.84 Å². The van der Waals surface area contributed by atoms with Gasteiger partial charge in [0.25, 0.3) is 0 Å². The van der Waals surface area contributed by atoms with Crippen LogP contribution in [-0.2, 0) is 0 Å². The van der Waals surface area contributed by atoms with Crippen molar-refractivity contribution in [3.63, 3.8) is 0 Å². The number of nitrogens with zero attached hydrogens (tertiary/aromatic N) is 1. The normalized spacial score (nSPS) is 15.2. The molecule has 0 amide bonds. The van der Waals surface area contributed by atoms with Gasteiger partial charge in [-0.1, -0.05) is 0 Å². The summed E-state index contributed by atoms with van der Waals surface area (Å²) >= 11 is 0. The van der Waals surface area contributed by atoms with Gasteiger partial charge in [0, 0.05) is 5.56 Å². The van der Waals surface area contributed by atoms with Crippen molar-refractivity contribution in [2.75, 3.05) is 26.2 Å². The van der Waals surface area contributed by atoms with Gasteiger partial charge in [0.15, 0.2) is 5.78 Å². The van der Waals surface area contributed by atoms with Gasteiger partial charge in [0.1, 0.15) is 11.3 Å². The molecule has 0 aromatic heterocycles. The van der Waals surface area contributed by atoms with Crippen LogP contribution in [0.3, 0.4) is 0 Å². The lowest BCUT2D eigenvalue weighted by Gasteiger charge is -2.14. The van der Waals surface area contributed by atoms with Gasteiger partial charge in [-0.2, -0.15) is 0 Å². The molecule has 2 rings (SSSR count). The maximum absolute atomic E-state index is 12.2. The minimum atomic E-state index is -1.08. The second-order valence-electron chi connectivity index (χ2n) is 4.86. The van der Waals surface area contributed by atoms with Crippen LogP contribution in [0.4, 0.5) is 0 Å². The monoisotopic (exact) mass is 277 g/mol. The Morgan fingerprint density at radius 1 is 1.30 bits per heavy atom. The van der Waals surface area contributed by atoms with Gasteiger partial charge in [-0.3, -0.25) is 9.69 Å². The number of aromatic carboxylic acids is 1. The zero-order valence-electron chi connectivity index (χ0n) is 11.6. The molecule has 0 radical (unpaired) electrons. The fraction of sp³-hybridized carbons (Fsp3) is 0.467. The van der Waals surface area contributed by atoms with Crippen LogP contribution >= 0.6 is 0 Å². The molecule has 0 bridgehead atoms. The van der Waals surface area contributed by atoms with E-state index >= 15 is 0 Å². The van der Waals surface area contributed by atoms with Crippen molar-refractivity contribution >= 4 is 11.8 Å². The topological polar surface area (TPSA) is 66.8 Å². The molecule has 1 aliphatic heterocycles. The number of Topliss-reactive ketones (excluding diaryl/α,β-unsaturated/α-hetero) is 1. The number of rotatable bonds is 6. The van der Waals surface area contributed by atoms with Gasteiger partial charge >= 0.3 is 5.97 Å². The second-order valence-corrected chi connectivity index (χ2v) is 4.86. The molecular weight excluding hydrogens is 258 g/mol. The third kappa shape index (κ3) is 3.36. The third-order valence-corrected chi connectivity index (χ3v) is 3.40. The molecule has 0 unspecified atom stereocenters. The van der Waals surface area contributed by atoms with Gasteiger partial charge in [0.05, 0.1) is 13.2 Å². The van der Waals surface area contributed by atoms with Crippen LogP contribution in [0.5, 0.6) is 5.75 Å². The molecule has 1 heterocycles. The molecule has 1 aromatic carbocycles. The number of ether oxygens (including phenoxy) is 1. The highest BCUT2D eigenvalue weighted by molar-refractivity contribution is 6.01. The number of hydrogen-bond donors (Lipinski definition) is 1. The number of ketones is 1. The maximum atomic E-state index is 12.2. The molecule has 0 atom stereocenters. The van der Waals surface area contributed by atoms with E-state index in [1.165, 1.54) is 6.07 Å². The van der Waals surface area contributed by atoms with Crippen molar-refractivity contribution in [2.45, 2.75) is 19.8 Å². The molecule has 108 valence electrons. The van der Waals surface area contributed by atoms with Crippen LogP contribution in [0.1, 0.15) is 40.5 Å². The molecule has 0 saturated carbocycles. The molecule has 1 aromatic rings. The Balaban J connectivity index is 2.16. The Hall–Kier alpha value is -1.88. The number of carboxylic acid groups (broad SMARTS) is 1.